The summed E-state index contributed by atoms with van der Waals surface area (Å²) in [5.74, 6) is 0.899. The SMILES string of the molecule is C=C1COCc2occc21.CCCCCCCC. The van der Waals surface area contributed by atoms with Crippen LogP contribution in [0.25, 0.3) is 5.57 Å². The molecule has 1 aromatic rings. The molecule has 2 rings (SSSR count). The largest absolute Gasteiger partial charge is 0.466 e. The molecule has 0 saturated carbocycles. The molecule has 2 nitrogen and oxygen atoms in total. The molecule has 0 unspecified atom stereocenters. The number of furan rings is 1. The minimum atomic E-state index is 0.585. The third-order valence-corrected chi connectivity index (χ3v) is 3.09. The molecule has 0 saturated heterocycles. The zero-order valence-electron chi connectivity index (χ0n) is 11.8. The van der Waals surface area contributed by atoms with Gasteiger partial charge in [-0.05, 0) is 11.6 Å². The zero-order chi connectivity index (χ0) is 13.2. The molecule has 102 valence electrons. The normalized spacial score (nSPS) is 13.8. The first kappa shape index (κ1) is 15.0. The molecular formula is C16H26O2. The lowest BCUT2D eigenvalue weighted by molar-refractivity contribution is 0.128. The Hall–Kier alpha value is -1.02. The van der Waals surface area contributed by atoms with Gasteiger partial charge < -0.3 is 9.15 Å². The van der Waals surface area contributed by atoms with Gasteiger partial charge in [0.1, 0.15) is 12.4 Å². The van der Waals surface area contributed by atoms with E-state index in [4.69, 9.17) is 9.15 Å². The van der Waals surface area contributed by atoms with E-state index in [9.17, 15) is 0 Å². The van der Waals surface area contributed by atoms with Crippen molar-refractivity contribution in [3.63, 3.8) is 0 Å². The van der Waals surface area contributed by atoms with Crippen molar-refractivity contribution in [3.05, 3.63) is 30.2 Å². The van der Waals surface area contributed by atoms with Crippen LogP contribution in [0, 0.1) is 0 Å². The Bertz CT molecular complexity index is 333. The lowest BCUT2D eigenvalue weighted by atomic mass is 10.1. The Morgan fingerprint density at radius 1 is 1.06 bits per heavy atom. The van der Waals surface area contributed by atoms with Gasteiger partial charge in [0, 0.05) is 5.56 Å². The van der Waals surface area contributed by atoms with E-state index in [-0.39, 0.29) is 0 Å². The average Bonchev–Trinajstić information content (AvgIpc) is 2.85. The van der Waals surface area contributed by atoms with Crippen LogP contribution in [-0.4, -0.2) is 6.61 Å². The Morgan fingerprint density at radius 2 is 1.72 bits per heavy atom. The van der Waals surface area contributed by atoms with Gasteiger partial charge in [0.05, 0.1) is 12.9 Å². The fourth-order valence-electron chi connectivity index (χ4n) is 1.97. The van der Waals surface area contributed by atoms with E-state index in [1.807, 2.05) is 6.07 Å². The first-order valence-corrected chi connectivity index (χ1v) is 7.11. The fraction of sp³-hybridized carbons (Fsp3) is 0.625. The summed E-state index contributed by atoms with van der Waals surface area (Å²) < 4.78 is 10.3. The molecule has 0 radical (unpaired) electrons. The van der Waals surface area contributed by atoms with E-state index in [1.54, 1.807) is 6.26 Å². The predicted octanol–water partition coefficient (Wildman–Crippen LogP) is 5.19. The molecule has 0 N–H and O–H groups in total. The highest BCUT2D eigenvalue weighted by atomic mass is 16.5. The van der Waals surface area contributed by atoms with Gasteiger partial charge >= 0.3 is 0 Å². The van der Waals surface area contributed by atoms with E-state index < -0.39 is 0 Å². The molecule has 2 heterocycles. The van der Waals surface area contributed by atoms with Crippen LogP contribution in [0.1, 0.15) is 63.7 Å². The second-order valence-electron chi connectivity index (χ2n) is 4.77. The van der Waals surface area contributed by atoms with E-state index in [1.165, 1.54) is 38.5 Å². The van der Waals surface area contributed by atoms with Crippen molar-refractivity contribution in [1.82, 2.24) is 0 Å². The smallest absolute Gasteiger partial charge is 0.136 e. The quantitative estimate of drug-likeness (QED) is 0.671. The Balaban J connectivity index is 0.000000187. The van der Waals surface area contributed by atoms with Crippen molar-refractivity contribution < 1.29 is 9.15 Å². The second-order valence-corrected chi connectivity index (χ2v) is 4.77. The average molecular weight is 250 g/mol. The topological polar surface area (TPSA) is 22.4 Å². The molecule has 0 aromatic carbocycles. The summed E-state index contributed by atoms with van der Waals surface area (Å²) in [6.45, 7) is 9.57. The Labute approximate surface area is 111 Å². The first-order valence-electron chi connectivity index (χ1n) is 7.11. The molecule has 0 bridgehead atoms. The van der Waals surface area contributed by atoms with Gasteiger partial charge in [-0.2, -0.15) is 0 Å². The van der Waals surface area contributed by atoms with E-state index in [2.05, 4.69) is 20.4 Å². The minimum absolute atomic E-state index is 0.585. The van der Waals surface area contributed by atoms with Crippen LogP contribution in [0.3, 0.4) is 0 Å². The highest BCUT2D eigenvalue weighted by Crippen LogP contribution is 2.24. The highest BCUT2D eigenvalue weighted by molar-refractivity contribution is 5.66. The zero-order valence-corrected chi connectivity index (χ0v) is 11.8. The van der Waals surface area contributed by atoms with Crippen molar-refractivity contribution in [1.29, 1.82) is 0 Å². The monoisotopic (exact) mass is 250 g/mol. The summed E-state index contributed by atoms with van der Waals surface area (Å²) in [6.07, 6.45) is 10.2. The fourth-order valence-corrected chi connectivity index (χ4v) is 1.97. The molecule has 1 aliphatic rings. The van der Waals surface area contributed by atoms with Crippen LogP contribution in [0.2, 0.25) is 0 Å². The number of ether oxygens (including phenoxy) is 1. The van der Waals surface area contributed by atoms with E-state index in [0.29, 0.717) is 13.2 Å². The minimum Gasteiger partial charge on any atom is -0.466 e. The third kappa shape index (κ3) is 5.09. The summed E-state index contributed by atoms with van der Waals surface area (Å²) in [6, 6.07) is 1.93. The predicted molar refractivity (Wildman–Crippen MR) is 76.4 cm³/mol. The van der Waals surface area contributed by atoms with Gasteiger partial charge in [0.15, 0.2) is 0 Å². The maximum Gasteiger partial charge on any atom is 0.136 e. The molecule has 0 spiro atoms. The number of fused-ring (bicyclic) bond motifs is 1. The lowest BCUT2D eigenvalue weighted by Gasteiger charge is -2.12. The molecule has 1 aliphatic heterocycles. The van der Waals surface area contributed by atoms with Crippen LogP contribution in [-0.2, 0) is 11.3 Å². The number of rotatable bonds is 5. The molecule has 1 aromatic heterocycles. The van der Waals surface area contributed by atoms with E-state index >= 15 is 0 Å². The summed E-state index contributed by atoms with van der Waals surface area (Å²) in [7, 11) is 0. The number of hydrogen-bond acceptors (Lipinski definition) is 2. The van der Waals surface area contributed by atoms with Gasteiger partial charge in [-0.15, -0.1) is 0 Å². The van der Waals surface area contributed by atoms with Gasteiger partial charge in [-0.1, -0.05) is 59.0 Å². The summed E-state index contributed by atoms with van der Waals surface area (Å²) in [5, 5.41) is 0. The first-order chi connectivity index (χ1) is 8.79. The van der Waals surface area contributed by atoms with Gasteiger partial charge in [-0.3, -0.25) is 0 Å². The second kappa shape index (κ2) is 8.98. The van der Waals surface area contributed by atoms with Crippen LogP contribution >= 0.6 is 0 Å². The number of hydrogen-bond donors (Lipinski definition) is 0. The van der Waals surface area contributed by atoms with Crippen molar-refractivity contribution in [2.45, 2.75) is 59.0 Å². The van der Waals surface area contributed by atoms with Crippen molar-refractivity contribution in [2.24, 2.45) is 0 Å². The van der Waals surface area contributed by atoms with Gasteiger partial charge in [0.2, 0.25) is 0 Å². The maximum atomic E-state index is 5.17. The molecule has 0 aliphatic carbocycles. The lowest BCUT2D eigenvalue weighted by Crippen LogP contribution is -2.05. The van der Waals surface area contributed by atoms with Crippen LogP contribution in [0.15, 0.2) is 23.3 Å². The third-order valence-electron chi connectivity index (χ3n) is 3.09. The molecule has 2 heteroatoms. The molecule has 0 fully saturated rings. The number of unbranched alkanes of at least 4 members (excludes halogenated alkanes) is 5. The Kier molecular flexibility index (Phi) is 7.51. The molecule has 0 amide bonds. The van der Waals surface area contributed by atoms with Crippen molar-refractivity contribution in [3.8, 4) is 0 Å². The van der Waals surface area contributed by atoms with Crippen LogP contribution in [0.5, 0.6) is 0 Å². The standard InChI is InChI=1S/C8H8O2.C8H18/c1-6-4-9-5-8-7(6)2-3-10-8;1-3-5-7-8-6-4-2/h2-3H,1,4-5H2;3-8H2,1-2H3. The summed E-state index contributed by atoms with van der Waals surface area (Å²) >= 11 is 0. The summed E-state index contributed by atoms with van der Waals surface area (Å²) in [4.78, 5) is 0. The Morgan fingerprint density at radius 3 is 2.28 bits per heavy atom. The maximum absolute atomic E-state index is 5.17. The van der Waals surface area contributed by atoms with E-state index in [0.717, 1.165) is 16.9 Å². The van der Waals surface area contributed by atoms with Crippen molar-refractivity contribution in [2.75, 3.05) is 6.61 Å². The van der Waals surface area contributed by atoms with Gasteiger partial charge in [-0.25, -0.2) is 0 Å². The molecule has 18 heavy (non-hydrogen) atoms. The van der Waals surface area contributed by atoms with Crippen LogP contribution < -0.4 is 0 Å². The molecular weight excluding hydrogens is 224 g/mol. The highest BCUT2D eigenvalue weighted by Gasteiger charge is 2.14. The van der Waals surface area contributed by atoms with Crippen LogP contribution in [0.4, 0.5) is 0 Å². The molecule has 0 atom stereocenters. The van der Waals surface area contributed by atoms with Crippen molar-refractivity contribution >= 4 is 5.57 Å². The van der Waals surface area contributed by atoms with Gasteiger partial charge in [0.25, 0.3) is 0 Å². The summed E-state index contributed by atoms with van der Waals surface area (Å²) in [5.41, 5.74) is 2.13.